The largest absolute Gasteiger partial charge is 0.312 e. The molecule has 2 saturated heterocycles. The Bertz CT molecular complexity index is 376. The zero-order chi connectivity index (χ0) is 13.1. The number of fused-ring (bicyclic) bond motifs is 1. The Balaban J connectivity index is 1.63. The number of rotatable bonds is 4. The second-order valence-corrected chi connectivity index (χ2v) is 6.17. The van der Waals surface area contributed by atoms with Crippen molar-refractivity contribution in [2.45, 2.75) is 44.7 Å². The molecule has 2 aliphatic rings. The molecule has 2 heteroatoms. The summed E-state index contributed by atoms with van der Waals surface area (Å²) in [6, 6.07) is 12.4. The van der Waals surface area contributed by atoms with E-state index in [0.717, 1.165) is 18.0 Å². The molecule has 3 atom stereocenters. The molecule has 0 aliphatic carbocycles. The van der Waals surface area contributed by atoms with Gasteiger partial charge >= 0.3 is 0 Å². The van der Waals surface area contributed by atoms with Crippen molar-refractivity contribution in [3.05, 3.63) is 35.9 Å². The fraction of sp³-hybridized carbons (Fsp3) is 0.647. The summed E-state index contributed by atoms with van der Waals surface area (Å²) in [5, 5.41) is 3.71. The van der Waals surface area contributed by atoms with Crippen molar-refractivity contribution in [2.24, 2.45) is 5.92 Å². The third-order valence-electron chi connectivity index (χ3n) is 4.93. The minimum atomic E-state index is 0.717. The van der Waals surface area contributed by atoms with Crippen LogP contribution in [0.5, 0.6) is 0 Å². The van der Waals surface area contributed by atoms with Gasteiger partial charge in [-0.3, -0.25) is 4.90 Å². The summed E-state index contributed by atoms with van der Waals surface area (Å²) in [5.41, 5.74) is 1.48. The standard InChI is InChI=1S/C17H26N2/c1-2-16(11-14-7-4-3-5-8-14)19-12-15-9-6-10-18-17(15)13-19/h3-5,7-8,15-18H,2,6,9-13H2,1H3/t15-,16?,17+/m0/s1. The van der Waals surface area contributed by atoms with E-state index in [4.69, 9.17) is 0 Å². The van der Waals surface area contributed by atoms with Gasteiger partial charge in [0.25, 0.3) is 0 Å². The van der Waals surface area contributed by atoms with Gasteiger partial charge in [0.1, 0.15) is 0 Å². The van der Waals surface area contributed by atoms with Gasteiger partial charge in [-0.2, -0.15) is 0 Å². The van der Waals surface area contributed by atoms with Gasteiger partial charge in [0.05, 0.1) is 0 Å². The molecule has 0 bridgehead atoms. The highest BCUT2D eigenvalue weighted by Crippen LogP contribution is 2.28. The third kappa shape index (κ3) is 3.01. The molecule has 2 nitrogen and oxygen atoms in total. The Kier molecular flexibility index (Phi) is 4.19. The Labute approximate surface area is 117 Å². The average Bonchev–Trinajstić information content (AvgIpc) is 2.89. The molecule has 1 aromatic rings. The highest BCUT2D eigenvalue weighted by molar-refractivity contribution is 5.16. The van der Waals surface area contributed by atoms with Crippen LogP contribution in [-0.4, -0.2) is 36.6 Å². The molecule has 2 aliphatic heterocycles. The maximum Gasteiger partial charge on any atom is 0.0235 e. The van der Waals surface area contributed by atoms with Crippen LogP contribution in [0, 0.1) is 5.92 Å². The predicted molar refractivity (Wildman–Crippen MR) is 80.3 cm³/mol. The van der Waals surface area contributed by atoms with E-state index in [1.165, 1.54) is 50.9 Å². The molecule has 3 rings (SSSR count). The maximum atomic E-state index is 3.71. The first-order valence-corrected chi connectivity index (χ1v) is 7.88. The van der Waals surface area contributed by atoms with Crippen LogP contribution in [0.15, 0.2) is 30.3 Å². The van der Waals surface area contributed by atoms with Crippen molar-refractivity contribution in [3.8, 4) is 0 Å². The quantitative estimate of drug-likeness (QED) is 0.893. The fourth-order valence-electron chi connectivity index (χ4n) is 3.80. The zero-order valence-corrected chi connectivity index (χ0v) is 12.0. The van der Waals surface area contributed by atoms with Crippen LogP contribution in [0.4, 0.5) is 0 Å². The van der Waals surface area contributed by atoms with E-state index in [9.17, 15) is 0 Å². The summed E-state index contributed by atoms with van der Waals surface area (Å²) < 4.78 is 0. The minimum absolute atomic E-state index is 0.717. The molecule has 0 spiro atoms. The second kappa shape index (κ2) is 6.06. The number of hydrogen-bond acceptors (Lipinski definition) is 2. The molecule has 1 aromatic carbocycles. The summed E-state index contributed by atoms with van der Waals surface area (Å²) in [4.78, 5) is 2.74. The van der Waals surface area contributed by atoms with Crippen molar-refractivity contribution in [2.75, 3.05) is 19.6 Å². The molecule has 0 saturated carbocycles. The number of benzene rings is 1. The van der Waals surface area contributed by atoms with Crippen molar-refractivity contribution < 1.29 is 0 Å². The molecular formula is C17H26N2. The SMILES string of the molecule is CCC(Cc1ccccc1)N1C[C@@H]2CCCN[C@@H]2C1. The zero-order valence-electron chi connectivity index (χ0n) is 12.0. The Morgan fingerprint density at radius 2 is 2.11 bits per heavy atom. The average molecular weight is 258 g/mol. The van der Waals surface area contributed by atoms with Crippen molar-refractivity contribution in [1.82, 2.24) is 10.2 Å². The van der Waals surface area contributed by atoms with Crippen LogP contribution in [0.25, 0.3) is 0 Å². The van der Waals surface area contributed by atoms with Gasteiger partial charge in [0, 0.05) is 25.2 Å². The van der Waals surface area contributed by atoms with E-state index in [2.05, 4.69) is 47.5 Å². The highest BCUT2D eigenvalue weighted by atomic mass is 15.2. The van der Waals surface area contributed by atoms with Gasteiger partial charge < -0.3 is 5.32 Å². The van der Waals surface area contributed by atoms with Crippen LogP contribution in [0.2, 0.25) is 0 Å². The first-order chi connectivity index (χ1) is 9.36. The van der Waals surface area contributed by atoms with E-state index >= 15 is 0 Å². The summed E-state index contributed by atoms with van der Waals surface area (Å²) in [6.07, 6.45) is 5.26. The Hall–Kier alpha value is -0.860. The van der Waals surface area contributed by atoms with Gasteiger partial charge in [0.2, 0.25) is 0 Å². The van der Waals surface area contributed by atoms with Gasteiger partial charge in [-0.05, 0) is 43.7 Å². The molecule has 2 fully saturated rings. The molecule has 2 heterocycles. The van der Waals surface area contributed by atoms with Crippen LogP contribution in [0.3, 0.4) is 0 Å². The van der Waals surface area contributed by atoms with Gasteiger partial charge in [-0.25, -0.2) is 0 Å². The van der Waals surface area contributed by atoms with Gasteiger partial charge in [-0.1, -0.05) is 37.3 Å². The highest BCUT2D eigenvalue weighted by Gasteiger charge is 2.36. The molecule has 0 amide bonds. The van der Waals surface area contributed by atoms with E-state index in [0.29, 0.717) is 0 Å². The molecule has 1 N–H and O–H groups in total. The number of piperidine rings is 1. The van der Waals surface area contributed by atoms with E-state index < -0.39 is 0 Å². The number of nitrogens with one attached hydrogen (secondary N) is 1. The van der Waals surface area contributed by atoms with Gasteiger partial charge in [0.15, 0.2) is 0 Å². The van der Waals surface area contributed by atoms with E-state index in [-0.39, 0.29) is 0 Å². The second-order valence-electron chi connectivity index (χ2n) is 6.17. The maximum absolute atomic E-state index is 3.71. The van der Waals surface area contributed by atoms with Crippen molar-refractivity contribution in [3.63, 3.8) is 0 Å². The minimum Gasteiger partial charge on any atom is -0.312 e. The fourth-order valence-corrected chi connectivity index (χ4v) is 3.80. The number of likely N-dealkylation sites (tertiary alicyclic amines) is 1. The lowest BCUT2D eigenvalue weighted by atomic mass is 9.94. The first-order valence-electron chi connectivity index (χ1n) is 7.88. The monoisotopic (exact) mass is 258 g/mol. The van der Waals surface area contributed by atoms with Crippen molar-refractivity contribution >= 4 is 0 Å². The summed E-state index contributed by atoms with van der Waals surface area (Å²) in [6.45, 7) is 6.13. The summed E-state index contributed by atoms with van der Waals surface area (Å²) >= 11 is 0. The van der Waals surface area contributed by atoms with Crippen molar-refractivity contribution in [1.29, 1.82) is 0 Å². The van der Waals surface area contributed by atoms with Crippen LogP contribution in [0.1, 0.15) is 31.7 Å². The number of nitrogens with zero attached hydrogens (tertiary/aromatic N) is 1. The Morgan fingerprint density at radius 3 is 2.84 bits per heavy atom. The van der Waals surface area contributed by atoms with Crippen LogP contribution < -0.4 is 5.32 Å². The predicted octanol–water partition coefficient (Wildman–Crippen LogP) is 2.69. The Morgan fingerprint density at radius 1 is 1.26 bits per heavy atom. The molecule has 19 heavy (non-hydrogen) atoms. The van der Waals surface area contributed by atoms with Crippen LogP contribution in [-0.2, 0) is 6.42 Å². The molecule has 104 valence electrons. The first kappa shape index (κ1) is 13.1. The van der Waals surface area contributed by atoms with E-state index in [1.54, 1.807) is 0 Å². The van der Waals surface area contributed by atoms with Gasteiger partial charge in [-0.15, -0.1) is 0 Å². The topological polar surface area (TPSA) is 15.3 Å². The lowest BCUT2D eigenvalue weighted by Crippen LogP contribution is -2.41. The van der Waals surface area contributed by atoms with Crippen LogP contribution >= 0.6 is 0 Å². The molecular weight excluding hydrogens is 232 g/mol. The smallest absolute Gasteiger partial charge is 0.0235 e. The summed E-state index contributed by atoms with van der Waals surface area (Å²) in [7, 11) is 0. The normalized spacial score (nSPS) is 29.1. The molecule has 1 unspecified atom stereocenters. The number of hydrogen-bond donors (Lipinski definition) is 1. The molecule has 0 aromatic heterocycles. The molecule has 0 radical (unpaired) electrons. The summed E-state index contributed by atoms with van der Waals surface area (Å²) in [5.74, 6) is 0.901. The lowest BCUT2D eigenvalue weighted by Gasteiger charge is -2.27. The third-order valence-corrected chi connectivity index (χ3v) is 4.93. The lowest BCUT2D eigenvalue weighted by molar-refractivity contribution is 0.224. The van der Waals surface area contributed by atoms with E-state index in [1.807, 2.05) is 0 Å².